The van der Waals surface area contributed by atoms with Gasteiger partial charge in [-0.15, -0.1) is 0 Å². The maximum Gasteiger partial charge on any atom is 0.253 e. The van der Waals surface area contributed by atoms with E-state index in [1.165, 1.54) is 12.0 Å². The minimum Gasteiger partial charge on any atom is -0.383 e. The van der Waals surface area contributed by atoms with Crippen molar-refractivity contribution in [2.75, 3.05) is 39.9 Å². The molecule has 1 heterocycles. The molecule has 1 aromatic rings. The first-order valence-corrected chi connectivity index (χ1v) is 8.43. The van der Waals surface area contributed by atoms with Gasteiger partial charge in [0.25, 0.3) is 5.91 Å². The molecule has 0 spiro atoms. The van der Waals surface area contributed by atoms with Crippen LogP contribution in [0, 0.1) is 5.92 Å². The van der Waals surface area contributed by atoms with Gasteiger partial charge < -0.3 is 20.3 Å². The Morgan fingerprint density at radius 1 is 1.28 bits per heavy atom. The predicted octanol–water partition coefficient (Wildman–Crippen LogP) is 0.499. The van der Waals surface area contributed by atoms with Crippen molar-refractivity contribution in [2.24, 2.45) is 11.7 Å². The summed E-state index contributed by atoms with van der Waals surface area (Å²) in [4.78, 5) is 39.7. The molecule has 1 aliphatic rings. The Labute approximate surface area is 147 Å². The first kappa shape index (κ1) is 18.9. The average molecular weight is 347 g/mol. The van der Waals surface area contributed by atoms with Gasteiger partial charge in [0, 0.05) is 32.3 Å². The molecular formula is C18H25N3O4. The maximum atomic E-state index is 12.8. The molecule has 0 saturated carbocycles. The molecule has 1 atom stereocenters. The van der Waals surface area contributed by atoms with Gasteiger partial charge in [-0.2, -0.15) is 0 Å². The number of primary amides is 1. The van der Waals surface area contributed by atoms with Crippen LogP contribution >= 0.6 is 0 Å². The minimum atomic E-state index is -0.558. The number of piperidine rings is 1. The van der Waals surface area contributed by atoms with E-state index in [-0.39, 0.29) is 24.3 Å². The van der Waals surface area contributed by atoms with Crippen molar-refractivity contribution in [3.63, 3.8) is 0 Å². The number of hydrogen-bond donors (Lipinski definition) is 1. The normalized spacial score (nSPS) is 17.2. The fraction of sp³-hybridized carbons (Fsp3) is 0.500. The summed E-state index contributed by atoms with van der Waals surface area (Å²) >= 11 is 0. The molecule has 0 aliphatic carbocycles. The molecule has 0 bridgehead atoms. The van der Waals surface area contributed by atoms with Crippen LogP contribution in [-0.4, -0.2) is 67.4 Å². The summed E-state index contributed by atoms with van der Waals surface area (Å²) in [6.45, 7) is 1.49. The van der Waals surface area contributed by atoms with Crippen molar-refractivity contribution in [1.29, 1.82) is 0 Å². The number of nitrogens with zero attached hydrogens (tertiary/aromatic N) is 2. The van der Waals surface area contributed by atoms with Crippen LogP contribution in [0.15, 0.2) is 30.3 Å². The third-order valence-corrected chi connectivity index (χ3v) is 4.30. The van der Waals surface area contributed by atoms with E-state index in [1.54, 1.807) is 17.0 Å². The van der Waals surface area contributed by atoms with Crippen molar-refractivity contribution in [1.82, 2.24) is 9.80 Å². The number of carbonyl (C=O) groups excluding carboxylic acids is 3. The number of likely N-dealkylation sites (tertiary alicyclic amines) is 1. The lowest BCUT2D eigenvalue weighted by molar-refractivity contribution is -0.140. The third-order valence-electron chi connectivity index (χ3n) is 4.30. The molecule has 136 valence electrons. The molecule has 2 rings (SSSR count). The molecule has 7 heteroatoms. The molecule has 2 N–H and O–H groups in total. The molecule has 0 radical (unpaired) electrons. The first-order valence-electron chi connectivity index (χ1n) is 8.43. The van der Waals surface area contributed by atoms with Gasteiger partial charge >= 0.3 is 0 Å². The quantitative estimate of drug-likeness (QED) is 0.777. The van der Waals surface area contributed by atoms with E-state index in [0.717, 1.165) is 6.42 Å². The van der Waals surface area contributed by atoms with E-state index in [0.29, 0.717) is 38.2 Å². The number of hydrogen-bond acceptors (Lipinski definition) is 4. The van der Waals surface area contributed by atoms with Crippen LogP contribution in [-0.2, 0) is 14.3 Å². The van der Waals surface area contributed by atoms with Gasteiger partial charge in [0.05, 0.1) is 19.1 Å². The van der Waals surface area contributed by atoms with Gasteiger partial charge in [-0.3, -0.25) is 14.4 Å². The van der Waals surface area contributed by atoms with Crippen molar-refractivity contribution in [2.45, 2.75) is 12.8 Å². The first-order chi connectivity index (χ1) is 12.0. The third kappa shape index (κ3) is 5.29. The highest BCUT2D eigenvalue weighted by Crippen LogP contribution is 2.20. The molecule has 3 amide bonds. The van der Waals surface area contributed by atoms with Crippen LogP contribution in [0.5, 0.6) is 0 Å². The second-order valence-electron chi connectivity index (χ2n) is 6.18. The number of amides is 3. The van der Waals surface area contributed by atoms with Crippen LogP contribution in [0.1, 0.15) is 23.2 Å². The van der Waals surface area contributed by atoms with Crippen LogP contribution in [0.2, 0.25) is 0 Å². The van der Waals surface area contributed by atoms with E-state index in [4.69, 9.17) is 10.5 Å². The molecule has 1 fully saturated rings. The molecule has 1 aromatic carbocycles. The van der Waals surface area contributed by atoms with Crippen LogP contribution in [0.3, 0.4) is 0 Å². The fourth-order valence-corrected chi connectivity index (χ4v) is 3.04. The van der Waals surface area contributed by atoms with Crippen molar-refractivity contribution >= 4 is 17.7 Å². The SMILES string of the molecule is COCCN(CC(N)=O)C(=O)[C@@H]1CCCN(C(=O)c2ccccc2)C1. The molecule has 7 nitrogen and oxygen atoms in total. The van der Waals surface area contributed by atoms with Crippen molar-refractivity contribution in [3.8, 4) is 0 Å². The van der Waals surface area contributed by atoms with Gasteiger partial charge in [0.2, 0.25) is 11.8 Å². The van der Waals surface area contributed by atoms with Gasteiger partial charge in [-0.05, 0) is 25.0 Å². The van der Waals surface area contributed by atoms with E-state index in [2.05, 4.69) is 0 Å². The summed E-state index contributed by atoms with van der Waals surface area (Å²) < 4.78 is 5.00. The predicted molar refractivity (Wildman–Crippen MR) is 92.7 cm³/mol. The van der Waals surface area contributed by atoms with Gasteiger partial charge in [-0.25, -0.2) is 0 Å². The number of carbonyl (C=O) groups is 3. The Kier molecular flexibility index (Phi) is 6.94. The Morgan fingerprint density at radius 3 is 2.64 bits per heavy atom. The summed E-state index contributed by atoms with van der Waals surface area (Å²) in [6, 6.07) is 9.03. The Bertz CT molecular complexity index is 606. The molecule has 1 aliphatic heterocycles. The monoisotopic (exact) mass is 347 g/mol. The second-order valence-corrected chi connectivity index (χ2v) is 6.18. The fourth-order valence-electron chi connectivity index (χ4n) is 3.04. The molecule has 0 unspecified atom stereocenters. The summed E-state index contributed by atoms with van der Waals surface area (Å²) in [7, 11) is 1.54. The zero-order chi connectivity index (χ0) is 18.2. The van der Waals surface area contributed by atoms with Gasteiger partial charge in [0.1, 0.15) is 0 Å². The van der Waals surface area contributed by atoms with Crippen molar-refractivity contribution < 1.29 is 19.1 Å². The van der Waals surface area contributed by atoms with Gasteiger partial charge in [-0.1, -0.05) is 18.2 Å². The highest BCUT2D eigenvalue weighted by molar-refractivity contribution is 5.94. The lowest BCUT2D eigenvalue weighted by Crippen LogP contribution is -2.49. The van der Waals surface area contributed by atoms with Crippen LogP contribution in [0.25, 0.3) is 0 Å². The molecule has 25 heavy (non-hydrogen) atoms. The zero-order valence-electron chi connectivity index (χ0n) is 14.5. The number of methoxy groups -OCH3 is 1. The summed E-state index contributed by atoms with van der Waals surface area (Å²) in [5, 5.41) is 0. The lowest BCUT2D eigenvalue weighted by atomic mass is 9.95. The summed E-state index contributed by atoms with van der Waals surface area (Å²) in [5.41, 5.74) is 5.86. The topological polar surface area (TPSA) is 92.9 Å². The summed E-state index contributed by atoms with van der Waals surface area (Å²) in [5.74, 6) is -1.10. The second kappa shape index (κ2) is 9.17. The van der Waals surface area contributed by atoms with Gasteiger partial charge in [0.15, 0.2) is 0 Å². The highest BCUT2D eigenvalue weighted by atomic mass is 16.5. The van der Waals surface area contributed by atoms with Crippen molar-refractivity contribution in [3.05, 3.63) is 35.9 Å². The Hall–Kier alpha value is -2.41. The smallest absolute Gasteiger partial charge is 0.253 e. The Balaban J connectivity index is 2.04. The summed E-state index contributed by atoms with van der Waals surface area (Å²) in [6.07, 6.45) is 1.45. The minimum absolute atomic E-state index is 0.0727. The van der Waals surface area contributed by atoms with E-state index < -0.39 is 5.91 Å². The van der Waals surface area contributed by atoms with E-state index in [1.807, 2.05) is 18.2 Å². The standard InChI is InChI=1S/C18H25N3O4/c1-25-11-10-21(13-16(19)22)18(24)15-8-5-9-20(12-15)17(23)14-6-3-2-4-7-14/h2-4,6-7,15H,5,8-13H2,1H3,(H2,19,22)/t15-/m1/s1. The van der Waals surface area contributed by atoms with Crippen LogP contribution < -0.4 is 5.73 Å². The van der Waals surface area contributed by atoms with Crippen LogP contribution in [0.4, 0.5) is 0 Å². The number of ether oxygens (including phenoxy) is 1. The zero-order valence-corrected chi connectivity index (χ0v) is 14.5. The number of rotatable bonds is 7. The molecule has 1 saturated heterocycles. The lowest BCUT2D eigenvalue weighted by Gasteiger charge is -2.34. The number of nitrogens with two attached hydrogens (primary N) is 1. The molecule has 0 aromatic heterocycles. The van der Waals surface area contributed by atoms with E-state index >= 15 is 0 Å². The molecular weight excluding hydrogens is 322 g/mol. The Morgan fingerprint density at radius 2 is 2.00 bits per heavy atom. The average Bonchev–Trinajstić information content (AvgIpc) is 2.64. The largest absolute Gasteiger partial charge is 0.383 e. The highest BCUT2D eigenvalue weighted by Gasteiger charge is 2.31. The van der Waals surface area contributed by atoms with E-state index in [9.17, 15) is 14.4 Å². The maximum absolute atomic E-state index is 12.8. The number of benzene rings is 1.